The van der Waals surface area contributed by atoms with Crippen molar-refractivity contribution in [3.8, 4) is 17.2 Å². The molecule has 10 heteroatoms. The van der Waals surface area contributed by atoms with Crippen LogP contribution >= 0.6 is 11.3 Å². The highest BCUT2D eigenvalue weighted by atomic mass is 32.1. The molecule has 9 nitrogen and oxygen atoms in total. The molecule has 0 N–H and O–H groups in total. The quantitative estimate of drug-likeness (QED) is 0.408. The van der Waals surface area contributed by atoms with Crippen LogP contribution in [0.4, 0.5) is 5.69 Å². The number of carbonyl (C=O) groups is 1. The van der Waals surface area contributed by atoms with Crippen molar-refractivity contribution < 1.29 is 23.7 Å². The predicted molar refractivity (Wildman–Crippen MR) is 147 cm³/mol. The van der Waals surface area contributed by atoms with Gasteiger partial charge in [-0.2, -0.15) is 0 Å². The number of thiazole rings is 1. The van der Waals surface area contributed by atoms with Crippen molar-refractivity contribution in [2.24, 2.45) is 4.99 Å². The Morgan fingerprint density at radius 1 is 1.05 bits per heavy atom. The highest BCUT2D eigenvalue weighted by molar-refractivity contribution is 7.07. The van der Waals surface area contributed by atoms with E-state index in [1.807, 2.05) is 43.3 Å². The van der Waals surface area contributed by atoms with Crippen LogP contribution in [0.1, 0.15) is 31.0 Å². The summed E-state index contributed by atoms with van der Waals surface area (Å²) in [7, 11) is 8.51. The molecule has 200 valence electrons. The SMILES string of the molecule is CCOC(=O)C1=C(C)N=c2s/c(=C/c3ccc(OC)c(OC)c3OC)c(=O)n2[C@@H]1c1ccc(N(C)C)cc1. The zero-order valence-corrected chi connectivity index (χ0v) is 23.3. The molecule has 1 atom stereocenters. The zero-order chi connectivity index (χ0) is 27.6. The number of rotatable bonds is 8. The van der Waals surface area contributed by atoms with Crippen LogP contribution in [-0.4, -0.2) is 52.6 Å². The van der Waals surface area contributed by atoms with E-state index in [-0.39, 0.29) is 12.2 Å². The van der Waals surface area contributed by atoms with Crippen molar-refractivity contribution in [3.05, 3.63) is 78.5 Å². The van der Waals surface area contributed by atoms with Crippen molar-refractivity contribution in [1.29, 1.82) is 0 Å². The number of methoxy groups -OCH3 is 3. The maximum atomic E-state index is 13.9. The van der Waals surface area contributed by atoms with Gasteiger partial charge in [-0.25, -0.2) is 9.79 Å². The van der Waals surface area contributed by atoms with Crippen molar-refractivity contribution in [1.82, 2.24) is 4.57 Å². The van der Waals surface area contributed by atoms with Crippen LogP contribution in [0.25, 0.3) is 6.08 Å². The van der Waals surface area contributed by atoms with Crippen LogP contribution in [0.3, 0.4) is 0 Å². The van der Waals surface area contributed by atoms with E-state index >= 15 is 0 Å². The average molecular weight is 538 g/mol. The second-order valence-corrected chi connectivity index (χ2v) is 9.72. The molecule has 0 bridgehead atoms. The Balaban J connectivity index is 1.95. The monoisotopic (exact) mass is 537 g/mol. The van der Waals surface area contributed by atoms with Gasteiger partial charge in [-0.1, -0.05) is 23.5 Å². The molecule has 3 aromatic rings. The second-order valence-electron chi connectivity index (χ2n) is 8.71. The summed E-state index contributed by atoms with van der Waals surface area (Å²) >= 11 is 1.24. The Hall–Kier alpha value is -4.05. The standard InChI is InChI=1S/C28H31N3O6S/c1-8-37-27(33)22-16(2)29-28-31(23(22)17-9-12-19(13-10-17)30(3)4)26(32)21(38-28)15-18-11-14-20(34-5)25(36-7)24(18)35-6/h9-15,23H,8H2,1-7H3/b21-15+/t23-/m1/s1. The number of hydrogen-bond donors (Lipinski definition) is 0. The maximum Gasteiger partial charge on any atom is 0.338 e. The lowest BCUT2D eigenvalue weighted by molar-refractivity contribution is -0.139. The Labute approximate surface area is 224 Å². The van der Waals surface area contributed by atoms with Gasteiger partial charge in [-0.15, -0.1) is 0 Å². The van der Waals surface area contributed by atoms with Gasteiger partial charge in [0, 0.05) is 25.3 Å². The lowest BCUT2D eigenvalue weighted by atomic mass is 9.95. The third-order valence-electron chi connectivity index (χ3n) is 6.26. The third-order valence-corrected chi connectivity index (χ3v) is 7.25. The smallest absolute Gasteiger partial charge is 0.338 e. The summed E-state index contributed by atoms with van der Waals surface area (Å²) in [5, 5.41) is 0. The zero-order valence-electron chi connectivity index (χ0n) is 22.5. The molecule has 4 rings (SSSR count). The molecule has 1 aliphatic heterocycles. The molecule has 2 heterocycles. The van der Waals surface area contributed by atoms with Gasteiger partial charge in [0.1, 0.15) is 0 Å². The number of allylic oxidation sites excluding steroid dienone is 1. The number of carbonyl (C=O) groups excluding carboxylic acids is 1. The van der Waals surface area contributed by atoms with Crippen LogP contribution in [0, 0.1) is 0 Å². The van der Waals surface area contributed by atoms with Crippen LogP contribution < -0.4 is 34.0 Å². The molecule has 0 saturated carbocycles. The number of aromatic nitrogens is 1. The summed E-state index contributed by atoms with van der Waals surface area (Å²) < 4.78 is 23.8. The molecule has 38 heavy (non-hydrogen) atoms. The number of hydrogen-bond acceptors (Lipinski definition) is 9. The first-order valence-electron chi connectivity index (χ1n) is 12.0. The lowest BCUT2D eigenvalue weighted by Gasteiger charge is -2.25. The predicted octanol–water partition coefficient (Wildman–Crippen LogP) is 2.89. The molecule has 2 aromatic carbocycles. The Morgan fingerprint density at radius 3 is 2.32 bits per heavy atom. The average Bonchev–Trinajstić information content (AvgIpc) is 3.21. The van der Waals surface area contributed by atoms with Crippen LogP contribution in [0.2, 0.25) is 0 Å². The van der Waals surface area contributed by atoms with Crippen molar-refractivity contribution in [3.63, 3.8) is 0 Å². The Bertz CT molecular complexity index is 1570. The van der Waals surface area contributed by atoms with Gasteiger partial charge in [0.05, 0.1) is 49.8 Å². The summed E-state index contributed by atoms with van der Waals surface area (Å²) in [5.41, 5.74) is 3.00. The summed E-state index contributed by atoms with van der Waals surface area (Å²) in [6, 6.07) is 10.6. The van der Waals surface area contributed by atoms with Crippen LogP contribution in [0.15, 0.2) is 57.5 Å². The molecule has 1 aromatic heterocycles. The largest absolute Gasteiger partial charge is 0.493 e. The molecule has 0 aliphatic carbocycles. The van der Waals surface area contributed by atoms with Crippen molar-refractivity contribution >= 4 is 29.1 Å². The normalized spacial score (nSPS) is 15.0. The van der Waals surface area contributed by atoms with Gasteiger partial charge in [0.15, 0.2) is 16.3 Å². The van der Waals surface area contributed by atoms with Gasteiger partial charge in [-0.3, -0.25) is 9.36 Å². The number of ether oxygens (including phenoxy) is 4. The van der Waals surface area contributed by atoms with Crippen molar-refractivity contribution in [2.45, 2.75) is 19.9 Å². The fourth-order valence-corrected chi connectivity index (χ4v) is 5.48. The Kier molecular flexibility index (Phi) is 7.91. The number of esters is 1. The van der Waals surface area contributed by atoms with Gasteiger partial charge >= 0.3 is 5.97 Å². The van der Waals surface area contributed by atoms with E-state index < -0.39 is 12.0 Å². The molecule has 0 radical (unpaired) electrons. The topological polar surface area (TPSA) is 91.6 Å². The van der Waals surface area contributed by atoms with E-state index in [0.717, 1.165) is 11.3 Å². The summed E-state index contributed by atoms with van der Waals surface area (Å²) in [6.45, 7) is 3.73. The first-order valence-corrected chi connectivity index (χ1v) is 12.8. The fraction of sp³-hybridized carbons (Fsp3) is 0.321. The number of nitrogens with zero attached hydrogens (tertiary/aromatic N) is 3. The molecule has 1 aliphatic rings. The summed E-state index contributed by atoms with van der Waals surface area (Å²) in [4.78, 5) is 34.1. The van der Waals surface area contributed by atoms with Crippen LogP contribution in [-0.2, 0) is 9.53 Å². The highest BCUT2D eigenvalue weighted by Crippen LogP contribution is 2.40. The number of benzene rings is 2. The minimum absolute atomic E-state index is 0.214. The maximum absolute atomic E-state index is 13.9. The molecular weight excluding hydrogens is 506 g/mol. The highest BCUT2D eigenvalue weighted by Gasteiger charge is 2.33. The fourth-order valence-electron chi connectivity index (χ4n) is 4.44. The lowest BCUT2D eigenvalue weighted by Crippen LogP contribution is -2.40. The molecule has 0 saturated heterocycles. The molecule has 0 fully saturated rings. The first-order chi connectivity index (χ1) is 18.2. The minimum Gasteiger partial charge on any atom is -0.493 e. The van der Waals surface area contributed by atoms with Gasteiger partial charge < -0.3 is 23.8 Å². The van der Waals surface area contributed by atoms with Gasteiger partial charge in [0.25, 0.3) is 5.56 Å². The van der Waals surface area contributed by atoms with Gasteiger partial charge in [-0.05, 0) is 49.8 Å². The third kappa shape index (κ3) is 4.79. The van der Waals surface area contributed by atoms with Crippen molar-refractivity contribution in [2.75, 3.05) is 46.9 Å². The Morgan fingerprint density at radius 2 is 1.74 bits per heavy atom. The summed E-state index contributed by atoms with van der Waals surface area (Å²) in [6.07, 6.45) is 1.74. The molecule has 0 spiro atoms. The van der Waals surface area contributed by atoms with Crippen LogP contribution in [0.5, 0.6) is 17.2 Å². The van der Waals surface area contributed by atoms with E-state index in [1.165, 1.54) is 25.6 Å². The number of anilines is 1. The second kappa shape index (κ2) is 11.1. The van der Waals surface area contributed by atoms with E-state index in [4.69, 9.17) is 18.9 Å². The van der Waals surface area contributed by atoms with E-state index in [0.29, 0.717) is 43.4 Å². The van der Waals surface area contributed by atoms with E-state index in [2.05, 4.69) is 4.99 Å². The number of fused-ring (bicyclic) bond motifs is 1. The van der Waals surface area contributed by atoms with E-state index in [1.54, 1.807) is 43.7 Å². The minimum atomic E-state index is -0.684. The molecular formula is C28H31N3O6S. The first kappa shape index (κ1) is 27.0. The molecule has 0 unspecified atom stereocenters. The molecule has 0 amide bonds. The van der Waals surface area contributed by atoms with E-state index in [9.17, 15) is 9.59 Å². The summed E-state index contributed by atoms with van der Waals surface area (Å²) in [5.74, 6) is 0.887. The van der Waals surface area contributed by atoms with Gasteiger partial charge in [0.2, 0.25) is 5.75 Å².